The van der Waals surface area contributed by atoms with Crippen molar-refractivity contribution in [2.75, 3.05) is 37.4 Å². The molecule has 1 saturated heterocycles. The number of benzene rings is 1. The summed E-state index contributed by atoms with van der Waals surface area (Å²) in [6.45, 7) is 2.04. The van der Waals surface area contributed by atoms with E-state index in [1.807, 2.05) is 30.3 Å². The van der Waals surface area contributed by atoms with E-state index in [0.717, 1.165) is 31.6 Å². The van der Waals surface area contributed by atoms with Crippen LogP contribution in [0.15, 0.2) is 35.5 Å². The number of nitriles is 3. The molecule has 6 nitrogen and oxygen atoms in total. The molecule has 0 radical (unpaired) electrons. The molecule has 0 bridgehead atoms. The Balaban J connectivity index is 2.05. The van der Waals surface area contributed by atoms with Crippen molar-refractivity contribution in [3.63, 3.8) is 0 Å². The molecule has 24 heavy (non-hydrogen) atoms. The number of hydrogen-bond donors (Lipinski definition) is 1. The minimum atomic E-state index is -0.215. The Kier molecular flexibility index (Phi) is 5.79. The number of allylic oxidation sites excluding steroid dienone is 2. The molecule has 0 aliphatic carbocycles. The predicted octanol–water partition coefficient (Wildman–Crippen LogP) is 2.45. The second-order valence-electron chi connectivity index (χ2n) is 5.94. The van der Waals surface area contributed by atoms with Crippen LogP contribution in [-0.2, 0) is 0 Å². The van der Waals surface area contributed by atoms with Crippen molar-refractivity contribution >= 4 is 11.4 Å². The van der Waals surface area contributed by atoms with Crippen molar-refractivity contribution in [1.29, 1.82) is 15.8 Å². The van der Waals surface area contributed by atoms with Crippen molar-refractivity contribution < 1.29 is 0 Å². The van der Waals surface area contributed by atoms with E-state index in [2.05, 4.69) is 29.2 Å². The van der Waals surface area contributed by atoms with E-state index in [1.54, 1.807) is 12.1 Å². The summed E-state index contributed by atoms with van der Waals surface area (Å²) in [5, 5.41) is 29.6. The van der Waals surface area contributed by atoms with Gasteiger partial charge in [0, 0.05) is 30.5 Å². The molecule has 0 aromatic heterocycles. The third-order valence-corrected chi connectivity index (χ3v) is 4.28. The summed E-state index contributed by atoms with van der Waals surface area (Å²) in [7, 11) is 4.25. The molecule has 2 rings (SSSR count). The highest BCUT2D eigenvalue weighted by Gasteiger charge is 2.20. The monoisotopic (exact) mass is 320 g/mol. The predicted molar refractivity (Wildman–Crippen MR) is 92.9 cm³/mol. The van der Waals surface area contributed by atoms with Crippen molar-refractivity contribution in [2.24, 2.45) is 0 Å². The van der Waals surface area contributed by atoms with Gasteiger partial charge in [0.2, 0.25) is 0 Å². The maximum Gasteiger partial charge on any atom is 0.163 e. The standard InChI is InChI=1S/C18H20N6/c1-23(2)16-7-9-24(10-8-16)17-5-3-15(4-6-17)22-18(13-21)14(11-19)12-20/h3-6,16,22H,7-10H2,1-2H3. The van der Waals surface area contributed by atoms with Gasteiger partial charge >= 0.3 is 0 Å². The van der Waals surface area contributed by atoms with Crippen LogP contribution in [0.25, 0.3) is 0 Å². The molecule has 1 fully saturated rings. The van der Waals surface area contributed by atoms with E-state index < -0.39 is 0 Å². The van der Waals surface area contributed by atoms with E-state index in [9.17, 15) is 0 Å². The minimum Gasteiger partial charge on any atom is -0.371 e. The van der Waals surface area contributed by atoms with Crippen LogP contribution in [0.3, 0.4) is 0 Å². The molecule has 1 N–H and O–H groups in total. The summed E-state index contributed by atoms with van der Waals surface area (Å²) in [4.78, 5) is 4.63. The third kappa shape index (κ3) is 4.04. The Morgan fingerprint density at radius 2 is 1.62 bits per heavy atom. The lowest BCUT2D eigenvalue weighted by molar-refractivity contribution is 0.249. The Labute approximate surface area is 142 Å². The molecule has 1 aromatic rings. The highest BCUT2D eigenvalue weighted by Crippen LogP contribution is 2.24. The smallest absolute Gasteiger partial charge is 0.163 e. The zero-order valence-electron chi connectivity index (χ0n) is 14.0. The highest BCUT2D eigenvalue weighted by atomic mass is 15.2. The number of hydrogen-bond acceptors (Lipinski definition) is 6. The Morgan fingerprint density at radius 1 is 1.04 bits per heavy atom. The zero-order chi connectivity index (χ0) is 17.5. The lowest BCUT2D eigenvalue weighted by Gasteiger charge is -2.36. The van der Waals surface area contributed by atoms with E-state index in [4.69, 9.17) is 15.8 Å². The molecule has 0 atom stereocenters. The van der Waals surface area contributed by atoms with Gasteiger partial charge in [-0.2, -0.15) is 15.8 Å². The van der Waals surface area contributed by atoms with E-state index >= 15 is 0 Å². The van der Waals surface area contributed by atoms with Gasteiger partial charge in [0.1, 0.15) is 23.9 Å². The number of nitrogens with one attached hydrogen (secondary N) is 1. The van der Waals surface area contributed by atoms with Gasteiger partial charge in [0.05, 0.1) is 0 Å². The van der Waals surface area contributed by atoms with Crippen LogP contribution in [0.1, 0.15) is 12.8 Å². The fourth-order valence-electron chi connectivity index (χ4n) is 2.82. The Hall–Kier alpha value is -3.01. The van der Waals surface area contributed by atoms with Crippen molar-refractivity contribution in [3.05, 3.63) is 35.5 Å². The molecular weight excluding hydrogens is 300 g/mol. The van der Waals surface area contributed by atoms with Crippen LogP contribution in [0.4, 0.5) is 11.4 Å². The average molecular weight is 320 g/mol. The molecule has 1 aliphatic heterocycles. The number of rotatable bonds is 4. The summed E-state index contributed by atoms with van der Waals surface area (Å²) in [5.41, 5.74) is 1.58. The first-order valence-electron chi connectivity index (χ1n) is 7.82. The normalized spacial score (nSPS) is 14.4. The SMILES string of the molecule is CN(C)C1CCN(c2ccc(NC(C#N)=C(C#N)C#N)cc2)CC1. The first kappa shape index (κ1) is 17.3. The molecule has 0 amide bonds. The quantitative estimate of drug-likeness (QED) is 0.857. The first-order valence-corrected chi connectivity index (χ1v) is 7.82. The van der Waals surface area contributed by atoms with Crippen LogP contribution in [-0.4, -0.2) is 38.1 Å². The van der Waals surface area contributed by atoms with Crippen molar-refractivity contribution in [3.8, 4) is 18.2 Å². The highest BCUT2D eigenvalue weighted by molar-refractivity contribution is 5.61. The molecule has 0 spiro atoms. The van der Waals surface area contributed by atoms with E-state index in [0.29, 0.717) is 11.7 Å². The Bertz CT molecular complexity index is 703. The molecule has 1 aromatic carbocycles. The maximum atomic E-state index is 9.06. The molecule has 0 unspecified atom stereocenters. The molecule has 1 aliphatic rings. The molecule has 0 saturated carbocycles. The molecular formula is C18H20N6. The van der Waals surface area contributed by atoms with Crippen LogP contribution >= 0.6 is 0 Å². The van der Waals surface area contributed by atoms with Gasteiger partial charge in [-0.3, -0.25) is 0 Å². The van der Waals surface area contributed by atoms with Gasteiger partial charge in [-0.1, -0.05) is 0 Å². The van der Waals surface area contributed by atoms with Gasteiger partial charge in [0.15, 0.2) is 5.57 Å². The van der Waals surface area contributed by atoms with E-state index in [-0.39, 0.29) is 11.3 Å². The number of piperidine rings is 1. The maximum absolute atomic E-state index is 9.06. The van der Waals surface area contributed by atoms with Crippen LogP contribution in [0.5, 0.6) is 0 Å². The first-order chi connectivity index (χ1) is 11.6. The number of nitrogens with zero attached hydrogens (tertiary/aromatic N) is 5. The minimum absolute atomic E-state index is 0.0282. The number of anilines is 2. The second kappa shape index (κ2) is 8.02. The van der Waals surface area contributed by atoms with Crippen LogP contribution in [0, 0.1) is 34.0 Å². The molecule has 122 valence electrons. The summed E-state index contributed by atoms with van der Waals surface area (Å²) in [5.74, 6) is 0. The lowest BCUT2D eigenvalue weighted by Crippen LogP contribution is -2.41. The fraction of sp³-hybridized carbons (Fsp3) is 0.389. The average Bonchev–Trinajstić information content (AvgIpc) is 2.62. The summed E-state index contributed by atoms with van der Waals surface area (Å²) in [6.07, 6.45) is 2.28. The molecule has 1 heterocycles. The summed E-state index contributed by atoms with van der Waals surface area (Å²) >= 11 is 0. The van der Waals surface area contributed by atoms with Gasteiger partial charge in [-0.05, 0) is 51.2 Å². The second-order valence-corrected chi connectivity index (χ2v) is 5.94. The van der Waals surface area contributed by atoms with Crippen molar-refractivity contribution in [2.45, 2.75) is 18.9 Å². The van der Waals surface area contributed by atoms with Gasteiger partial charge in [0.25, 0.3) is 0 Å². The zero-order valence-corrected chi connectivity index (χ0v) is 14.0. The summed E-state index contributed by atoms with van der Waals surface area (Å²) in [6, 6.07) is 13.6. The fourth-order valence-corrected chi connectivity index (χ4v) is 2.82. The Morgan fingerprint density at radius 3 is 2.08 bits per heavy atom. The molecule has 6 heteroatoms. The third-order valence-electron chi connectivity index (χ3n) is 4.28. The lowest BCUT2D eigenvalue weighted by atomic mass is 10.0. The largest absolute Gasteiger partial charge is 0.371 e. The summed E-state index contributed by atoms with van der Waals surface area (Å²) < 4.78 is 0. The van der Waals surface area contributed by atoms with Crippen LogP contribution in [0.2, 0.25) is 0 Å². The topological polar surface area (TPSA) is 89.9 Å². The van der Waals surface area contributed by atoms with Gasteiger partial charge < -0.3 is 15.1 Å². The van der Waals surface area contributed by atoms with Crippen LogP contribution < -0.4 is 10.2 Å². The van der Waals surface area contributed by atoms with Crippen molar-refractivity contribution in [1.82, 2.24) is 4.90 Å². The van der Waals surface area contributed by atoms with Gasteiger partial charge in [-0.15, -0.1) is 0 Å². The van der Waals surface area contributed by atoms with E-state index in [1.165, 1.54) is 0 Å². The van der Waals surface area contributed by atoms with Gasteiger partial charge in [-0.25, -0.2) is 0 Å².